The first-order valence-corrected chi connectivity index (χ1v) is 11.6. The average Bonchev–Trinajstić information content (AvgIpc) is 3.38. The van der Waals surface area contributed by atoms with Crippen molar-refractivity contribution in [3.8, 4) is 11.4 Å². The summed E-state index contributed by atoms with van der Waals surface area (Å²) in [5.41, 5.74) is 2.80. The Kier molecular flexibility index (Phi) is 7.29. The average molecular weight is 447 g/mol. The van der Waals surface area contributed by atoms with Crippen molar-refractivity contribution >= 4 is 11.7 Å². The summed E-state index contributed by atoms with van der Waals surface area (Å²) in [5, 5.41) is 4.11. The molecule has 4 rings (SSSR count). The molecule has 7 heteroatoms. The van der Waals surface area contributed by atoms with Gasteiger partial charge in [0.25, 0.3) is 0 Å². The van der Waals surface area contributed by atoms with Gasteiger partial charge in [-0.15, -0.1) is 0 Å². The van der Waals surface area contributed by atoms with Crippen molar-refractivity contribution in [1.29, 1.82) is 0 Å². The van der Waals surface area contributed by atoms with E-state index in [9.17, 15) is 9.59 Å². The number of hydrogen-bond donors (Lipinski definition) is 0. The maximum atomic E-state index is 12.7. The van der Waals surface area contributed by atoms with Gasteiger partial charge in [-0.2, -0.15) is 4.98 Å². The number of ketones is 1. The number of benzene rings is 2. The second-order valence-corrected chi connectivity index (χ2v) is 8.39. The van der Waals surface area contributed by atoms with Gasteiger partial charge in [0.2, 0.25) is 17.6 Å². The molecule has 7 nitrogen and oxygen atoms in total. The summed E-state index contributed by atoms with van der Waals surface area (Å²) in [6.45, 7) is 6.83. The molecule has 1 aliphatic rings. The number of amides is 1. The Morgan fingerprint density at radius 1 is 0.970 bits per heavy atom. The van der Waals surface area contributed by atoms with Crippen LogP contribution in [0.15, 0.2) is 59.1 Å². The van der Waals surface area contributed by atoms with Gasteiger partial charge < -0.3 is 9.42 Å². The van der Waals surface area contributed by atoms with Gasteiger partial charge >= 0.3 is 0 Å². The summed E-state index contributed by atoms with van der Waals surface area (Å²) in [4.78, 5) is 33.7. The number of nitrogens with zero attached hydrogens (tertiary/aromatic N) is 4. The van der Waals surface area contributed by atoms with Crippen molar-refractivity contribution in [2.75, 3.05) is 26.2 Å². The highest BCUT2D eigenvalue weighted by Gasteiger charge is 2.28. The number of carbonyl (C=O) groups is 2. The van der Waals surface area contributed by atoms with Crippen LogP contribution in [0.2, 0.25) is 0 Å². The van der Waals surface area contributed by atoms with E-state index in [-0.39, 0.29) is 30.6 Å². The van der Waals surface area contributed by atoms with E-state index in [0.717, 1.165) is 25.1 Å². The van der Waals surface area contributed by atoms with Crippen molar-refractivity contribution in [3.05, 3.63) is 71.6 Å². The standard InChI is InChI=1S/C26H30N4O3/c1-3-20-9-11-21(12-10-20)23(31)13-14-24(32)30-17-15-29(16-18-30)19(2)26-27-25(28-33-26)22-7-5-4-6-8-22/h4-12,19H,3,13-18H2,1-2H3. The lowest BCUT2D eigenvalue weighted by molar-refractivity contribution is -0.133. The third-order valence-electron chi connectivity index (χ3n) is 6.30. The smallest absolute Gasteiger partial charge is 0.244 e. The molecule has 1 amide bonds. The molecular formula is C26H30N4O3. The van der Waals surface area contributed by atoms with Gasteiger partial charge in [0, 0.05) is 50.1 Å². The van der Waals surface area contributed by atoms with E-state index in [1.807, 2.05) is 66.4 Å². The summed E-state index contributed by atoms with van der Waals surface area (Å²) < 4.78 is 5.51. The Morgan fingerprint density at radius 2 is 1.67 bits per heavy atom. The highest BCUT2D eigenvalue weighted by molar-refractivity contribution is 5.98. The Balaban J connectivity index is 1.25. The highest BCUT2D eigenvalue weighted by atomic mass is 16.5. The molecule has 3 aromatic rings. The molecule has 1 atom stereocenters. The molecule has 172 valence electrons. The van der Waals surface area contributed by atoms with Crippen molar-refractivity contribution in [2.45, 2.75) is 39.2 Å². The van der Waals surface area contributed by atoms with Crippen LogP contribution in [0.5, 0.6) is 0 Å². The van der Waals surface area contributed by atoms with Gasteiger partial charge in [-0.25, -0.2) is 0 Å². The molecule has 1 aliphatic heterocycles. The summed E-state index contributed by atoms with van der Waals surface area (Å²) in [7, 11) is 0. The molecular weight excluding hydrogens is 416 g/mol. The van der Waals surface area contributed by atoms with E-state index < -0.39 is 0 Å². The lowest BCUT2D eigenvalue weighted by Gasteiger charge is -2.36. The third-order valence-corrected chi connectivity index (χ3v) is 6.30. The molecule has 0 bridgehead atoms. The number of carbonyl (C=O) groups excluding carboxylic acids is 2. The van der Waals surface area contributed by atoms with E-state index in [0.29, 0.717) is 30.4 Å². The normalized spacial score (nSPS) is 15.4. The number of hydrogen-bond acceptors (Lipinski definition) is 6. The molecule has 2 aromatic carbocycles. The Labute approximate surface area is 194 Å². The predicted molar refractivity (Wildman–Crippen MR) is 126 cm³/mol. The fourth-order valence-corrected chi connectivity index (χ4v) is 4.07. The van der Waals surface area contributed by atoms with Crippen LogP contribution in [-0.2, 0) is 11.2 Å². The number of rotatable bonds is 8. The fraction of sp³-hybridized carbons (Fsp3) is 0.385. The van der Waals surface area contributed by atoms with Gasteiger partial charge in [0.15, 0.2) is 5.78 Å². The minimum absolute atomic E-state index is 0.0175. The van der Waals surface area contributed by atoms with Crippen LogP contribution in [0.4, 0.5) is 0 Å². The molecule has 0 N–H and O–H groups in total. The Hall–Kier alpha value is -3.32. The van der Waals surface area contributed by atoms with E-state index in [2.05, 4.69) is 22.0 Å². The maximum absolute atomic E-state index is 12.7. The number of piperazine rings is 1. The van der Waals surface area contributed by atoms with Crippen LogP contribution in [0.25, 0.3) is 11.4 Å². The van der Waals surface area contributed by atoms with Crippen LogP contribution >= 0.6 is 0 Å². The molecule has 2 heterocycles. The van der Waals surface area contributed by atoms with Gasteiger partial charge in [-0.05, 0) is 18.9 Å². The zero-order chi connectivity index (χ0) is 23.2. The molecule has 1 aromatic heterocycles. The summed E-state index contributed by atoms with van der Waals surface area (Å²) in [5.74, 6) is 1.21. The SMILES string of the molecule is CCc1ccc(C(=O)CCC(=O)N2CCN(C(C)c3nc(-c4ccccc4)no3)CC2)cc1. The van der Waals surface area contributed by atoms with Crippen LogP contribution < -0.4 is 0 Å². The molecule has 1 unspecified atom stereocenters. The van der Waals surface area contributed by atoms with E-state index in [4.69, 9.17) is 4.52 Å². The highest BCUT2D eigenvalue weighted by Crippen LogP contribution is 2.23. The first kappa shape index (κ1) is 22.9. The van der Waals surface area contributed by atoms with Gasteiger partial charge in [-0.1, -0.05) is 66.7 Å². The predicted octanol–water partition coefficient (Wildman–Crippen LogP) is 4.17. The van der Waals surface area contributed by atoms with Gasteiger partial charge in [0.05, 0.1) is 6.04 Å². The zero-order valence-corrected chi connectivity index (χ0v) is 19.2. The second-order valence-electron chi connectivity index (χ2n) is 8.39. The number of Topliss-reactive ketones (excluding diaryl/α,β-unsaturated/α-hetero) is 1. The first-order valence-electron chi connectivity index (χ1n) is 11.6. The maximum Gasteiger partial charge on any atom is 0.244 e. The second kappa shape index (κ2) is 10.5. The summed E-state index contributed by atoms with van der Waals surface area (Å²) in [6, 6.07) is 17.4. The van der Waals surface area contributed by atoms with Crippen LogP contribution in [0, 0.1) is 0 Å². The van der Waals surface area contributed by atoms with Gasteiger partial charge in [0.1, 0.15) is 0 Å². The fourth-order valence-electron chi connectivity index (χ4n) is 4.07. The van der Waals surface area contributed by atoms with Crippen LogP contribution in [0.1, 0.15) is 54.5 Å². The van der Waals surface area contributed by atoms with E-state index in [1.54, 1.807) is 0 Å². The molecule has 33 heavy (non-hydrogen) atoms. The first-order chi connectivity index (χ1) is 16.0. The lowest BCUT2D eigenvalue weighted by Crippen LogP contribution is -2.49. The summed E-state index contributed by atoms with van der Waals surface area (Å²) >= 11 is 0. The Bertz CT molecular complexity index is 1070. The van der Waals surface area contributed by atoms with E-state index in [1.165, 1.54) is 5.56 Å². The minimum Gasteiger partial charge on any atom is -0.340 e. The minimum atomic E-state index is -0.0279. The molecule has 1 saturated heterocycles. The quantitative estimate of drug-likeness (QED) is 0.483. The Morgan fingerprint density at radius 3 is 2.33 bits per heavy atom. The molecule has 0 aliphatic carbocycles. The monoisotopic (exact) mass is 446 g/mol. The topological polar surface area (TPSA) is 79.5 Å². The van der Waals surface area contributed by atoms with Crippen molar-refractivity contribution < 1.29 is 14.1 Å². The van der Waals surface area contributed by atoms with Crippen LogP contribution in [-0.4, -0.2) is 57.8 Å². The molecule has 0 spiro atoms. The number of aromatic nitrogens is 2. The molecule has 1 fully saturated rings. The third kappa shape index (κ3) is 5.54. The van der Waals surface area contributed by atoms with Gasteiger partial charge in [-0.3, -0.25) is 14.5 Å². The van der Waals surface area contributed by atoms with Crippen molar-refractivity contribution in [1.82, 2.24) is 19.9 Å². The molecule has 0 saturated carbocycles. The summed E-state index contributed by atoms with van der Waals surface area (Å²) in [6.07, 6.45) is 1.43. The number of aryl methyl sites for hydroxylation is 1. The van der Waals surface area contributed by atoms with Crippen molar-refractivity contribution in [2.24, 2.45) is 0 Å². The van der Waals surface area contributed by atoms with Crippen LogP contribution in [0.3, 0.4) is 0 Å². The lowest BCUT2D eigenvalue weighted by atomic mass is 10.0. The largest absolute Gasteiger partial charge is 0.340 e. The zero-order valence-electron chi connectivity index (χ0n) is 19.2. The molecule has 0 radical (unpaired) electrons. The van der Waals surface area contributed by atoms with E-state index >= 15 is 0 Å². The van der Waals surface area contributed by atoms with Crippen molar-refractivity contribution in [3.63, 3.8) is 0 Å².